The molecule has 2 aliphatic rings. The van der Waals surface area contributed by atoms with E-state index in [0.717, 1.165) is 37.9 Å². The van der Waals surface area contributed by atoms with Gasteiger partial charge in [-0.25, -0.2) is 9.37 Å². The predicted octanol–water partition coefficient (Wildman–Crippen LogP) is 3.63. The second-order valence-corrected chi connectivity index (χ2v) is 12.5. The summed E-state index contributed by atoms with van der Waals surface area (Å²) in [6, 6.07) is 4.01. The first-order valence-corrected chi connectivity index (χ1v) is 16.5. The van der Waals surface area contributed by atoms with Crippen LogP contribution in [0, 0.1) is 11.7 Å². The van der Waals surface area contributed by atoms with Gasteiger partial charge in [-0.3, -0.25) is 19.2 Å². The maximum atomic E-state index is 15.5. The van der Waals surface area contributed by atoms with Gasteiger partial charge in [0.15, 0.2) is 0 Å². The number of nitrogens with one attached hydrogen (secondary N) is 3. The Bertz CT molecular complexity index is 1430. The molecule has 262 valence electrons. The van der Waals surface area contributed by atoms with Crippen LogP contribution in [0.3, 0.4) is 0 Å². The van der Waals surface area contributed by atoms with Crippen LogP contribution in [0.25, 0.3) is 0 Å². The topological polar surface area (TPSA) is 133 Å². The zero-order valence-corrected chi connectivity index (χ0v) is 27.7. The Kier molecular flexibility index (Phi) is 12.8. The molecule has 1 saturated carbocycles. The molecule has 48 heavy (non-hydrogen) atoms. The third-order valence-electron chi connectivity index (χ3n) is 9.03. The molecular weight excluding hydrogens is 629 g/mol. The Morgan fingerprint density at radius 3 is 2.27 bits per heavy atom. The average molecular weight is 675 g/mol. The molecule has 2 atom stereocenters. The smallest absolute Gasteiger partial charge is 0.351 e. The first kappa shape index (κ1) is 36.6. The van der Waals surface area contributed by atoms with E-state index in [4.69, 9.17) is 4.74 Å². The first-order chi connectivity index (χ1) is 22.9. The SMILES string of the molecule is CCC(=O)NC(Cc1ccc(NC(=O)C(NC(=O)C(F)(F)c2ccc(OC)nc2)C2CCCCCC2)c(F)c1)C(=O)N1CCN(C)CC1. The van der Waals surface area contributed by atoms with Crippen LogP contribution in [-0.4, -0.2) is 90.8 Å². The summed E-state index contributed by atoms with van der Waals surface area (Å²) in [7, 11) is 3.29. The van der Waals surface area contributed by atoms with E-state index in [9.17, 15) is 19.2 Å². The van der Waals surface area contributed by atoms with Gasteiger partial charge in [-0.05, 0) is 49.6 Å². The van der Waals surface area contributed by atoms with E-state index in [-0.39, 0.29) is 36.2 Å². The highest BCUT2D eigenvalue weighted by Crippen LogP contribution is 2.31. The molecule has 11 nitrogen and oxygen atoms in total. The number of amides is 4. The van der Waals surface area contributed by atoms with E-state index in [2.05, 4.69) is 25.8 Å². The molecule has 1 aliphatic heterocycles. The number of carbonyl (C=O) groups is 4. The summed E-state index contributed by atoms with van der Waals surface area (Å²) >= 11 is 0. The van der Waals surface area contributed by atoms with Crippen molar-refractivity contribution in [1.29, 1.82) is 0 Å². The summed E-state index contributed by atoms with van der Waals surface area (Å²) in [6.07, 6.45) is 5.45. The lowest BCUT2D eigenvalue weighted by Gasteiger charge is -2.34. The number of hydrogen-bond donors (Lipinski definition) is 3. The number of hydrogen-bond acceptors (Lipinski definition) is 7. The van der Waals surface area contributed by atoms with Crippen LogP contribution in [0.2, 0.25) is 0 Å². The van der Waals surface area contributed by atoms with Crippen LogP contribution < -0.4 is 20.7 Å². The minimum absolute atomic E-state index is 0.0259. The van der Waals surface area contributed by atoms with Crippen LogP contribution >= 0.6 is 0 Å². The number of carbonyl (C=O) groups excluding carboxylic acids is 4. The average Bonchev–Trinajstić information content (AvgIpc) is 3.37. The van der Waals surface area contributed by atoms with E-state index in [1.54, 1.807) is 11.8 Å². The molecule has 1 aliphatic carbocycles. The van der Waals surface area contributed by atoms with Crippen molar-refractivity contribution in [3.63, 3.8) is 0 Å². The molecule has 2 heterocycles. The van der Waals surface area contributed by atoms with Crippen molar-refractivity contribution in [3.05, 3.63) is 53.5 Å². The third-order valence-corrected chi connectivity index (χ3v) is 9.03. The van der Waals surface area contributed by atoms with Gasteiger partial charge in [0.05, 0.1) is 12.8 Å². The fourth-order valence-electron chi connectivity index (χ4n) is 6.07. The molecule has 4 amide bonds. The zero-order valence-electron chi connectivity index (χ0n) is 27.7. The number of piperazine rings is 1. The monoisotopic (exact) mass is 674 g/mol. The molecule has 2 fully saturated rings. The van der Waals surface area contributed by atoms with Crippen molar-refractivity contribution in [2.45, 2.75) is 76.3 Å². The maximum Gasteiger partial charge on any atom is 0.351 e. The molecule has 1 aromatic heterocycles. The molecule has 0 spiro atoms. The van der Waals surface area contributed by atoms with Gasteiger partial charge in [0.2, 0.25) is 23.6 Å². The van der Waals surface area contributed by atoms with Gasteiger partial charge in [-0.2, -0.15) is 8.78 Å². The lowest BCUT2D eigenvalue weighted by molar-refractivity contribution is -0.149. The van der Waals surface area contributed by atoms with Gasteiger partial charge in [-0.15, -0.1) is 0 Å². The van der Waals surface area contributed by atoms with Gasteiger partial charge < -0.3 is 30.5 Å². The number of benzene rings is 1. The van der Waals surface area contributed by atoms with Crippen LogP contribution in [0.4, 0.5) is 18.9 Å². The lowest BCUT2D eigenvalue weighted by Crippen LogP contribution is -2.54. The van der Waals surface area contributed by atoms with Crippen molar-refractivity contribution < 1.29 is 37.1 Å². The van der Waals surface area contributed by atoms with E-state index in [0.29, 0.717) is 44.6 Å². The Morgan fingerprint density at radius 2 is 1.69 bits per heavy atom. The molecule has 14 heteroatoms. The second kappa shape index (κ2) is 16.8. The standard InChI is InChI=1S/C34H45F3N6O5/c1-4-28(44)39-27(32(46)43-17-15-42(2)16-18-43)20-22-11-13-26(25(35)19-22)40-31(45)30(23-9-7-5-6-8-10-23)41-33(47)34(36,37)24-12-14-29(48-3)38-21-24/h11-14,19,21,23,27,30H,4-10,15-18,20H2,1-3H3,(H,39,44)(H,40,45)(H,41,47). The number of aromatic nitrogens is 1. The minimum Gasteiger partial charge on any atom is -0.481 e. The van der Waals surface area contributed by atoms with Gasteiger partial charge in [0, 0.05) is 56.8 Å². The molecule has 1 aromatic carbocycles. The fraction of sp³-hybridized carbons (Fsp3) is 0.559. The van der Waals surface area contributed by atoms with Crippen molar-refractivity contribution in [2.24, 2.45) is 5.92 Å². The summed E-state index contributed by atoms with van der Waals surface area (Å²) in [5, 5.41) is 7.50. The summed E-state index contributed by atoms with van der Waals surface area (Å²) in [4.78, 5) is 59.7. The number of halogens is 3. The van der Waals surface area contributed by atoms with Crippen LogP contribution in [0.5, 0.6) is 5.88 Å². The van der Waals surface area contributed by atoms with E-state index in [1.165, 1.54) is 31.4 Å². The van der Waals surface area contributed by atoms with Crippen molar-refractivity contribution >= 4 is 29.3 Å². The van der Waals surface area contributed by atoms with Crippen LogP contribution in [0.1, 0.15) is 63.0 Å². The number of likely N-dealkylation sites (N-methyl/N-ethyl adjacent to an activating group) is 1. The largest absolute Gasteiger partial charge is 0.481 e. The Morgan fingerprint density at radius 1 is 1.00 bits per heavy atom. The number of rotatable bonds is 12. The summed E-state index contributed by atoms with van der Waals surface area (Å²) in [5.41, 5.74) is -0.458. The minimum atomic E-state index is -4.00. The van der Waals surface area contributed by atoms with Crippen LogP contribution in [0.15, 0.2) is 36.5 Å². The second-order valence-electron chi connectivity index (χ2n) is 12.5. The molecule has 2 aromatic rings. The number of pyridine rings is 1. The quantitative estimate of drug-likeness (QED) is 0.293. The summed E-state index contributed by atoms with van der Waals surface area (Å²) in [5.74, 6) is -8.20. The molecule has 3 N–H and O–H groups in total. The van der Waals surface area contributed by atoms with Gasteiger partial charge in [0.25, 0.3) is 5.91 Å². The molecule has 0 radical (unpaired) electrons. The van der Waals surface area contributed by atoms with Crippen molar-refractivity contribution in [3.8, 4) is 5.88 Å². The predicted molar refractivity (Wildman–Crippen MR) is 173 cm³/mol. The molecule has 2 unspecified atom stereocenters. The Labute approximate surface area is 279 Å². The van der Waals surface area contributed by atoms with E-state index < -0.39 is 47.1 Å². The third kappa shape index (κ3) is 9.45. The van der Waals surface area contributed by atoms with E-state index >= 15 is 13.2 Å². The molecule has 0 bridgehead atoms. The van der Waals surface area contributed by atoms with Crippen molar-refractivity contribution in [2.75, 3.05) is 45.7 Å². The van der Waals surface area contributed by atoms with Gasteiger partial charge in [-0.1, -0.05) is 38.7 Å². The Balaban J connectivity index is 1.50. The number of nitrogens with zero attached hydrogens (tertiary/aromatic N) is 3. The summed E-state index contributed by atoms with van der Waals surface area (Å²) in [6.45, 7) is 4.08. The highest BCUT2D eigenvalue weighted by atomic mass is 19.3. The lowest BCUT2D eigenvalue weighted by atomic mass is 9.90. The van der Waals surface area contributed by atoms with E-state index in [1.807, 2.05) is 7.05 Å². The normalized spacial score (nSPS) is 17.5. The van der Waals surface area contributed by atoms with Gasteiger partial charge in [0.1, 0.15) is 17.9 Å². The number of ether oxygens (including phenoxy) is 1. The number of alkyl halides is 2. The highest BCUT2D eigenvalue weighted by molar-refractivity contribution is 5.98. The number of anilines is 1. The summed E-state index contributed by atoms with van der Waals surface area (Å²) < 4.78 is 50.9. The molecular formula is C34H45F3N6O5. The fourth-order valence-corrected chi connectivity index (χ4v) is 6.07. The molecule has 1 saturated heterocycles. The highest BCUT2D eigenvalue weighted by Gasteiger charge is 2.44. The zero-order chi connectivity index (χ0) is 34.8. The van der Waals surface area contributed by atoms with Crippen LogP contribution in [-0.2, 0) is 31.5 Å². The number of methoxy groups -OCH3 is 1. The van der Waals surface area contributed by atoms with Gasteiger partial charge >= 0.3 is 5.92 Å². The first-order valence-electron chi connectivity index (χ1n) is 16.5. The van der Waals surface area contributed by atoms with Crippen molar-refractivity contribution in [1.82, 2.24) is 25.4 Å². The molecule has 4 rings (SSSR count). The maximum absolute atomic E-state index is 15.5. The Hall–Kier alpha value is -4.20.